The number of allylic oxidation sites excluding steroid dienone is 1. The van der Waals surface area contributed by atoms with Crippen LogP contribution in [0.3, 0.4) is 0 Å². The lowest BCUT2D eigenvalue weighted by molar-refractivity contribution is 0.0684. The van der Waals surface area contributed by atoms with Gasteiger partial charge in [-0.05, 0) is 96.3 Å². The number of benzene rings is 2. The van der Waals surface area contributed by atoms with Crippen molar-refractivity contribution in [2.24, 2.45) is 11.0 Å². The zero-order valence-electron chi connectivity index (χ0n) is 20.7. The van der Waals surface area contributed by atoms with Gasteiger partial charge in [0.05, 0.1) is 16.6 Å². The summed E-state index contributed by atoms with van der Waals surface area (Å²) in [6.07, 6.45) is 5.06. The molecule has 1 fully saturated rings. The number of nitrogens with zero attached hydrogens (tertiary/aromatic N) is 2. The lowest BCUT2D eigenvalue weighted by atomic mass is 9.79. The van der Waals surface area contributed by atoms with Gasteiger partial charge in [0.15, 0.2) is 0 Å². The lowest BCUT2D eigenvalue weighted by Gasteiger charge is -2.28. The number of carbonyl (C=O) groups is 1. The molecule has 10 heteroatoms. The summed E-state index contributed by atoms with van der Waals surface area (Å²) < 4.78 is 28.8. The van der Waals surface area contributed by atoms with Gasteiger partial charge >= 0.3 is 0 Å². The van der Waals surface area contributed by atoms with Crippen molar-refractivity contribution in [2.75, 3.05) is 4.72 Å². The van der Waals surface area contributed by atoms with Crippen LogP contribution in [0.5, 0.6) is 0 Å². The van der Waals surface area contributed by atoms with Gasteiger partial charge in [0.1, 0.15) is 0 Å². The summed E-state index contributed by atoms with van der Waals surface area (Å²) >= 11 is 9.21. The Hall–Kier alpha value is -3.24. The number of thiophene rings is 2. The number of rotatable bonds is 6. The van der Waals surface area contributed by atoms with Crippen molar-refractivity contribution in [3.63, 3.8) is 0 Å². The summed E-state index contributed by atoms with van der Waals surface area (Å²) in [4.78, 5) is 16.2. The Bertz CT molecular complexity index is 1660. The first-order chi connectivity index (χ1) is 18.9. The van der Waals surface area contributed by atoms with E-state index in [1.165, 1.54) is 12.1 Å². The predicted molar refractivity (Wildman–Crippen MR) is 159 cm³/mol. The van der Waals surface area contributed by atoms with Crippen LogP contribution in [0.1, 0.15) is 45.4 Å². The monoisotopic (exact) mass is 593 g/mol. The summed E-state index contributed by atoms with van der Waals surface area (Å²) in [5, 5.41) is 11.1. The largest absolute Gasteiger partial charge is 0.280 e. The Morgan fingerprint density at radius 3 is 2.56 bits per heavy atom. The summed E-state index contributed by atoms with van der Waals surface area (Å²) in [5.74, 6) is -0.236. The maximum absolute atomic E-state index is 14.0. The van der Waals surface area contributed by atoms with E-state index in [1.54, 1.807) is 64.1 Å². The summed E-state index contributed by atoms with van der Waals surface area (Å²) in [6, 6.07) is 20.4. The highest BCUT2D eigenvalue weighted by Gasteiger charge is 2.44. The van der Waals surface area contributed by atoms with Crippen molar-refractivity contribution in [3.8, 4) is 0 Å². The number of hydrazone groups is 1. The fourth-order valence-corrected chi connectivity index (χ4v) is 7.90. The molecule has 2 aliphatic rings. The zero-order chi connectivity index (χ0) is 27.0. The predicted octanol–water partition coefficient (Wildman–Crippen LogP) is 7.70. The number of nitrogens with one attached hydrogen (secondary N) is 1. The number of fused-ring (bicyclic) bond motifs is 1. The zero-order valence-corrected chi connectivity index (χ0v) is 23.9. The number of hydrogen-bond donors (Lipinski definition) is 1. The number of anilines is 1. The van der Waals surface area contributed by atoms with Crippen LogP contribution < -0.4 is 4.72 Å². The van der Waals surface area contributed by atoms with Crippen molar-refractivity contribution in [2.45, 2.75) is 30.2 Å². The van der Waals surface area contributed by atoms with E-state index in [4.69, 9.17) is 16.7 Å². The molecule has 0 unspecified atom stereocenters. The second-order valence-corrected chi connectivity index (χ2v) is 13.5. The SMILES string of the molecule is O=C(c1cccc(S(=O)(=O)Nc2ccc(Cl)cc2)c1)N1N=C2/C(=C\c3cccs3)CCC[C@H]2[C@@H]1c1cccs1. The Morgan fingerprint density at radius 1 is 1.03 bits per heavy atom. The molecule has 1 N–H and O–H groups in total. The highest BCUT2D eigenvalue weighted by molar-refractivity contribution is 7.92. The fourth-order valence-electron chi connectivity index (χ4n) is 5.11. The van der Waals surface area contributed by atoms with Crippen molar-refractivity contribution in [1.29, 1.82) is 0 Å². The molecule has 4 aromatic rings. The van der Waals surface area contributed by atoms with E-state index < -0.39 is 10.0 Å². The van der Waals surface area contributed by atoms with E-state index in [9.17, 15) is 13.2 Å². The molecule has 198 valence electrons. The third-order valence-corrected chi connectivity index (χ3v) is 10.3. The van der Waals surface area contributed by atoms with Gasteiger partial charge in [-0.15, -0.1) is 22.7 Å². The second-order valence-electron chi connectivity index (χ2n) is 9.42. The van der Waals surface area contributed by atoms with Gasteiger partial charge in [0.2, 0.25) is 0 Å². The molecule has 1 saturated carbocycles. The van der Waals surface area contributed by atoms with Gasteiger partial charge in [-0.1, -0.05) is 29.8 Å². The number of carbonyl (C=O) groups excluding carboxylic acids is 1. The van der Waals surface area contributed by atoms with Gasteiger partial charge in [-0.25, -0.2) is 13.4 Å². The maximum atomic E-state index is 14.0. The van der Waals surface area contributed by atoms with Crippen LogP contribution >= 0.6 is 34.3 Å². The standard InChI is InChI=1S/C29H24ClN3O3S3/c30-21-11-13-22(14-12-21)32-39(35,36)24-8-1-6-20(18-24)29(34)33-28(26-10-4-16-38-26)25-9-2-5-19(27(25)31-33)17-23-7-3-15-37-23/h1,3-4,6-8,10-18,25,28,32H,2,5,9H2/b19-17-/t25-,28-/m1/s1. The van der Waals surface area contributed by atoms with Crippen molar-refractivity contribution >= 4 is 67.7 Å². The highest BCUT2D eigenvalue weighted by atomic mass is 35.5. The Labute approximate surface area is 240 Å². The van der Waals surface area contributed by atoms with Crippen molar-refractivity contribution in [3.05, 3.63) is 109 Å². The maximum Gasteiger partial charge on any atom is 0.274 e. The van der Waals surface area contributed by atoms with Crippen LogP contribution in [0.2, 0.25) is 5.02 Å². The van der Waals surface area contributed by atoms with Gasteiger partial charge in [-0.3, -0.25) is 9.52 Å². The molecule has 0 spiro atoms. The number of halogens is 1. The minimum Gasteiger partial charge on any atom is -0.280 e. The van der Waals surface area contributed by atoms with Gasteiger partial charge in [0, 0.05) is 31.9 Å². The molecule has 0 bridgehead atoms. The van der Waals surface area contributed by atoms with E-state index in [1.807, 2.05) is 23.6 Å². The Balaban J connectivity index is 1.34. The minimum atomic E-state index is -3.93. The average Bonchev–Trinajstić information content (AvgIpc) is 3.71. The quantitative estimate of drug-likeness (QED) is 0.249. The first-order valence-electron chi connectivity index (χ1n) is 12.5. The van der Waals surface area contributed by atoms with Gasteiger partial charge in [-0.2, -0.15) is 5.10 Å². The third kappa shape index (κ3) is 5.32. The highest BCUT2D eigenvalue weighted by Crippen LogP contribution is 2.46. The molecule has 3 heterocycles. The smallest absolute Gasteiger partial charge is 0.274 e. The van der Waals surface area contributed by atoms with E-state index in [0.717, 1.165) is 40.3 Å². The van der Waals surface area contributed by atoms with Crippen LogP contribution in [0.4, 0.5) is 5.69 Å². The number of amides is 1. The summed E-state index contributed by atoms with van der Waals surface area (Å²) in [6.45, 7) is 0. The molecule has 6 rings (SSSR count). The normalized spacial score (nSPS) is 20.1. The molecule has 6 nitrogen and oxygen atoms in total. The van der Waals surface area contributed by atoms with Crippen LogP contribution in [0, 0.1) is 5.92 Å². The van der Waals surface area contributed by atoms with E-state index in [2.05, 4.69) is 22.2 Å². The van der Waals surface area contributed by atoms with E-state index >= 15 is 0 Å². The summed E-state index contributed by atoms with van der Waals surface area (Å²) in [5.41, 5.74) is 2.76. The number of sulfonamides is 1. The lowest BCUT2D eigenvalue weighted by Crippen LogP contribution is -2.31. The molecular formula is C29H24ClN3O3S3. The van der Waals surface area contributed by atoms with E-state index in [-0.39, 0.29) is 28.3 Å². The molecular weight excluding hydrogens is 570 g/mol. The van der Waals surface area contributed by atoms with E-state index in [0.29, 0.717) is 10.7 Å². The van der Waals surface area contributed by atoms with Gasteiger partial charge in [0.25, 0.3) is 15.9 Å². The van der Waals surface area contributed by atoms with Crippen molar-refractivity contribution in [1.82, 2.24) is 5.01 Å². The average molecular weight is 594 g/mol. The molecule has 2 atom stereocenters. The molecule has 1 aliphatic heterocycles. The minimum absolute atomic E-state index is 0.00137. The van der Waals surface area contributed by atoms with Crippen LogP contribution in [-0.4, -0.2) is 25.0 Å². The first-order valence-corrected chi connectivity index (χ1v) is 16.1. The second kappa shape index (κ2) is 10.7. The molecule has 2 aromatic carbocycles. The molecule has 39 heavy (non-hydrogen) atoms. The third-order valence-electron chi connectivity index (χ3n) is 6.89. The van der Waals surface area contributed by atoms with Crippen LogP contribution in [-0.2, 0) is 10.0 Å². The van der Waals surface area contributed by atoms with Crippen LogP contribution in [0.15, 0.2) is 99.1 Å². The number of hydrogen-bond acceptors (Lipinski definition) is 6. The Morgan fingerprint density at radius 2 is 1.82 bits per heavy atom. The Kier molecular flexibility index (Phi) is 7.16. The topological polar surface area (TPSA) is 78.8 Å². The summed E-state index contributed by atoms with van der Waals surface area (Å²) in [7, 11) is -3.93. The molecule has 1 amide bonds. The van der Waals surface area contributed by atoms with Gasteiger partial charge < -0.3 is 0 Å². The first kappa shape index (κ1) is 26.0. The molecule has 0 saturated heterocycles. The van der Waals surface area contributed by atoms with Crippen LogP contribution in [0.25, 0.3) is 6.08 Å². The molecule has 0 radical (unpaired) electrons. The fraction of sp³-hybridized carbons (Fsp3) is 0.172. The molecule has 2 aromatic heterocycles. The van der Waals surface area contributed by atoms with Crippen molar-refractivity contribution < 1.29 is 13.2 Å². The molecule has 1 aliphatic carbocycles.